The van der Waals surface area contributed by atoms with Crippen molar-refractivity contribution in [2.45, 2.75) is 12.8 Å². The molecular weight excluding hydrogens is 403 g/mol. The van der Waals surface area contributed by atoms with Gasteiger partial charge in [-0.2, -0.15) is 4.31 Å². The van der Waals surface area contributed by atoms with Gasteiger partial charge in [-0.1, -0.05) is 41.9 Å². The van der Waals surface area contributed by atoms with Crippen LogP contribution in [0.4, 0.5) is 10.1 Å². The van der Waals surface area contributed by atoms with Crippen molar-refractivity contribution in [3.05, 3.63) is 70.3 Å². The normalized spacial score (nSPS) is 16.4. The minimum Gasteiger partial charge on any atom is -0.326 e. The number of carbonyl (C=O) groups excluding carboxylic acids is 1. The predicted molar refractivity (Wildman–Crippen MR) is 109 cm³/mol. The van der Waals surface area contributed by atoms with E-state index in [2.05, 4.69) is 5.32 Å². The molecule has 1 amide bonds. The van der Waals surface area contributed by atoms with Gasteiger partial charge in [0.15, 0.2) is 0 Å². The van der Waals surface area contributed by atoms with Crippen LogP contribution >= 0.6 is 11.6 Å². The van der Waals surface area contributed by atoms with Crippen LogP contribution in [-0.4, -0.2) is 31.7 Å². The van der Waals surface area contributed by atoms with Gasteiger partial charge < -0.3 is 5.32 Å². The Balaban J connectivity index is 1.56. The SMILES string of the molecule is O=C(Nc1ccc(F)c(Cl)c1)C1CCN(S(=O)(=O)/C=C/c2ccccc2)CC1. The molecule has 0 aliphatic carbocycles. The molecule has 1 heterocycles. The summed E-state index contributed by atoms with van der Waals surface area (Å²) in [4.78, 5) is 12.4. The lowest BCUT2D eigenvalue weighted by Crippen LogP contribution is -2.40. The van der Waals surface area contributed by atoms with E-state index in [1.165, 1.54) is 27.9 Å². The Hall–Kier alpha value is -2.22. The van der Waals surface area contributed by atoms with Gasteiger partial charge >= 0.3 is 0 Å². The third kappa shape index (κ3) is 5.19. The number of halogens is 2. The fourth-order valence-electron chi connectivity index (χ4n) is 3.01. The molecule has 1 N–H and O–H groups in total. The zero-order valence-corrected chi connectivity index (χ0v) is 16.6. The lowest BCUT2D eigenvalue weighted by atomic mass is 9.97. The van der Waals surface area contributed by atoms with Gasteiger partial charge in [0.1, 0.15) is 5.82 Å². The Bertz CT molecular complexity index is 972. The molecule has 1 aliphatic heterocycles. The molecule has 2 aromatic rings. The summed E-state index contributed by atoms with van der Waals surface area (Å²) in [5.41, 5.74) is 1.22. The molecule has 1 saturated heterocycles. The maximum atomic E-state index is 13.2. The van der Waals surface area contributed by atoms with Crippen molar-refractivity contribution in [3.8, 4) is 0 Å². The Kier molecular flexibility index (Phi) is 6.49. The van der Waals surface area contributed by atoms with Crippen LogP contribution < -0.4 is 5.32 Å². The highest BCUT2D eigenvalue weighted by Gasteiger charge is 2.30. The number of hydrogen-bond donors (Lipinski definition) is 1. The number of rotatable bonds is 5. The van der Waals surface area contributed by atoms with Gasteiger partial charge in [-0.25, -0.2) is 12.8 Å². The van der Waals surface area contributed by atoms with Gasteiger partial charge in [0.05, 0.1) is 5.02 Å². The number of amides is 1. The Morgan fingerprint density at radius 3 is 2.46 bits per heavy atom. The first-order valence-electron chi connectivity index (χ1n) is 8.84. The predicted octanol–water partition coefficient (Wildman–Crippen LogP) is 4.13. The Labute approximate surface area is 168 Å². The number of benzene rings is 2. The van der Waals surface area contributed by atoms with E-state index in [0.717, 1.165) is 5.56 Å². The molecule has 2 aromatic carbocycles. The minimum absolute atomic E-state index is 0.0658. The standard InChI is InChI=1S/C20H20ClFN2O3S/c21-18-14-17(6-7-19(18)22)23-20(25)16-8-11-24(12-9-16)28(26,27)13-10-15-4-2-1-3-5-15/h1-7,10,13-14,16H,8-9,11-12H2,(H,23,25)/b13-10+. The van der Waals surface area contributed by atoms with E-state index < -0.39 is 15.8 Å². The summed E-state index contributed by atoms with van der Waals surface area (Å²) < 4.78 is 39.6. The highest BCUT2D eigenvalue weighted by atomic mass is 35.5. The topological polar surface area (TPSA) is 66.5 Å². The van der Waals surface area contributed by atoms with Crippen molar-refractivity contribution in [1.29, 1.82) is 0 Å². The molecular formula is C20H20ClFN2O3S. The molecule has 28 heavy (non-hydrogen) atoms. The first kappa shape index (κ1) is 20.5. The van der Waals surface area contributed by atoms with Crippen LogP contribution in [0.25, 0.3) is 6.08 Å². The fourth-order valence-corrected chi connectivity index (χ4v) is 4.41. The molecule has 0 atom stereocenters. The number of nitrogens with one attached hydrogen (secondary N) is 1. The summed E-state index contributed by atoms with van der Waals surface area (Å²) in [6.07, 6.45) is 2.39. The summed E-state index contributed by atoms with van der Waals surface area (Å²) in [6.45, 7) is 0.535. The van der Waals surface area contributed by atoms with Crippen LogP contribution in [0.5, 0.6) is 0 Å². The Morgan fingerprint density at radius 1 is 1.14 bits per heavy atom. The maximum Gasteiger partial charge on any atom is 0.236 e. The molecule has 0 saturated carbocycles. The minimum atomic E-state index is -3.54. The zero-order valence-electron chi connectivity index (χ0n) is 15.0. The van der Waals surface area contributed by atoms with Gasteiger partial charge in [0, 0.05) is 30.1 Å². The van der Waals surface area contributed by atoms with Crippen LogP contribution in [0.1, 0.15) is 18.4 Å². The van der Waals surface area contributed by atoms with Crippen molar-refractivity contribution in [1.82, 2.24) is 4.31 Å². The van der Waals surface area contributed by atoms with Crippen molar-refractivity contribution in [2.24, 2.45) is 5.92 Å². The molecule has 8 heteroatoms. The number of sulfonamides is 1. The van der Waals surface area contributed by atoms with E-state index in [4.69, 9.17) is 11.6 Å². The fraction of sp³-hybridized carbons (Fsp3) is 0.250. The molecule has 0 spiro atoms. The number of piperidine rings is 1. The summed E-state index contributed by atoms with van der Waals surface area (Å²) in [5, 5.41) is 3.84. The van der Waals surface area contributed by atoms with Crippen LogP contribution in [0.3, 0.4) is 0 Å². The third-order valence-corrected chi connectivity index (χ3v) is 6.46. The third-order valence-electron chi connectivity index (χ3n) is 4.60. The van der Waals surface area contributed by atoms with Crippen LogP contribution in [-0.2, 0) is 14.8 Å². The second-order valence-electron chi connectivity index (χ2n) is 6.55. The molecule has 148 valence electrons. The van der Waals surface area contributed by atoms with Gasteiger partial charge in [-0.3, -0.25) is 4.79 Å². The molecule has 0 bridgehead atoms. The molecule has 5 nitrogen and oxygen atoms in total. The highest BCUT2D eigenvalue weighted by Crippen LogP contribution is 2.24. The van der Waals surface area contributed by atoms with E-state index >= 15 is 0 Å². The van der Waals surface area contributed by atoms with Crippen molar-refractivity contribution < 1.29 is 17.6 Å². The summed E-state index contributed by atoms with van der Waals surface area (Å²) in [7, 11) is -3.54. The van der Waals surface area contributed by atoms with Crippen molar-refractivity contribution >= 4 is 39.3 Å². The summed E-state index contributed by atoms with van der Waals surface area (Å²) >= 11 is 5.72. The molecule has 0 unspecified atom stereocenters. The summed E-state index contributed by atoms with van der Waals surface area (Å²) in [6, 6.07) is 13.2. The van der Waals surface area contributed by atoms with Gasteiger partial charge in [-0.15, -0.1) is 0 Å². The van der Waals surface area contributed by atoms with Crippen molar-refractivity contribution in [3.63, 3.8) is 0 Å². The second kappa shape index (κ2) is 8.86. The van der Waals surface area contributed by atoms with E-state index in [-0.39, 0.29) is 29.9 Å². The van der Waals surface area contributed by atoms with Crippen LogP contribution in [0.15, 0.2) is 53.9 Å². The summed E-state index contributed by atoms with van der Waals surface area (Å²) in [5.74, 6) is -1.09. The highest BCUT2D eigenvalue weighted by molar-refractivity contribution is 7.92. The molecule has 1 aliphatic rings. The molecule has 0 radical (unpaired) electrons. The zero-order chi connectivity index (χ0) is 20.1. The lowest BCUT2D eigenvalue weighted by molar-refractivity contribution is -0.120. The van der Waals surface area contributed by atoms with Crippen LogP contribution in [0, 0.1) is 11.7 Å². The van der Waals surface area contributed by atoms with E-state index in [0.29, 0.717) is 18.5 Å². The number of carbonyl (C=O) groups is 1. The smallest absolute Gasteiger partial charge is 0.236 e. The monoisotopic (exact) mass is 422 g/mol. The van der Waals surface area contributed by atoms with E-state index in [1.54, 1.807) is 6.08 Å². The van der Waals surface area contributed by atoms with Gasteiger partial charge in [0.25, 0.3) is 0 Å². The maximum absolute atomic E-state index is 13.2. The van der Waals surface area contributed by atoms with Crippen molar-refractivity contribution in [2.75, 3.05) is 18.4 Å². The molecule has 3 rings (SSSR count). The Morgan fingerprint density at radius 2 is 1.82 bits per heavy atom. The lowest BCUT2D eigenvalue weighted by Gasteiger charge is -2.29. The number of nitrogens with zero attached hydrogens (tertiary/aromatic N) is 1. The average molecular weight is 423 g/mol. The first-order chi connectivity index (χ1) is 13.3. The van der Waals surface area contributed by atoms with E-state index in [9.17, 15) is 17.6 Å². The largest absolute Gasteiger partial charge is 0.326 e. The molecule has 0 aromatic heterocycles. The number of anilines is 1. The van der Waals surface area contributed by atoms with Gasteiger partial charge in [0.2, 0.25) is 15.9 Å². The van der Waals surface area contributed by atoms with E-state index in [1.807, 2.05) is 30.3 Å². The molecule has 1 fully saturated rings. The first-order valence-corrected chi connectivity index (χ1v) is 10.7. The van der Waals surface area contributed by atoms with Gasteiger partial charge in [-0.05, 0) is 42.7 Å². The second-order valence-corrected chi connectivity index (χ2v) is 8.78. The quantitative estimate of drug-likeness (QED) is 0.787. The number of hydrogen-bond acceptors (Lipinski definition) is 3. The van der Waals surface area contributed by atoms with Crippen LogP contribution in [0.2, 0.25) is 5.02 Å². The average Bonchev–Trinajstić information content (AvgIpc) is 2.70.